The highest BCUT2D eigenvalue weighted by Crippen LogP contribution is 2.25. The summed E-state index contributed by atoms with van der Waals surface area (Å²) in [7, 11) is 0. The molecule has 4 rings (SSSR count). The van der Waals surface area contributed by atoms with Crippen molar-refractivity contribution in [2.75, 3.05) is 13.1 Å². The summed E-state index contributed by atoms with van der Waals surface area (Å²) in [6, 6.07) is 4.01. The molecule has 3 aromatic heterocycles. The SMILES string of the molecule is CCCc1noc(-c2cn(C3CCN(C(=O)c4cccs4)CC3)nn2)n1. The van der Waals surface area contributed by atoms with Crippen LogP contribution < -0.4 is 0 Å². The minimum Gasteiger partial charge on any atom is -0.338 e. The minimum atomic E-state index is 0.118. The van der Waals surface area contributed by atoms with Gasteiger partial charge in [-0.1, -0.05) is 23.4 Å². The highest BCUT2D eigenvalue weighted by Gasteiger charge is 2.26. The molecule has 0 N–H and O–H groups in total. The molecule has 0 spiro atoms. The predicted molar refractivity (Wildman–Crippen MR) is 95.8 cm³/mol. The Kier molecular flexibility index (Phi) is 4.79. The standard InChI is InChI=1S/C17H20N6O2S/c1-2-4-15-18-16(25-20-15)13-11-23(21-19-13)12-6-8-22(9-7-12)17(24)14-5-3-10-26-14/h3,5,10-12H,2,4,6-9H2,1H3. The second-order valence-corrected chi connectivity index (χ2v) is 7.30. The van der Waals surface area contributed by atoms with Gasteiger partial charge in [-0.3, -0.25) is 4.79 Å². The zero-order valence-corrected chi connectivity index (χ0v) is 15.4. The average molecular weight is 372 g/mol. The number of piperidine rings is 1. The summed E-state index contributed by atoms with van der Waals surface area (Å²) in [6.45, 7) is 3.51. The maximum absolute atomic E-state index is 12.4. The van der Waals surface area contributed by atoms with Crippen molar-refractivity contribution in [1.82, 2.24) is 30.0 Å². The summed E-state index contributed by atoms with van der Waals surface area (Å²) in [6.07, 6.45) is 5.31. The third-order valence-electron chi connectivity index (χ3n) is 4.53. The Balaban J connectivity index is 1.39. The number of nitrogens with zero attached hydrogens (tertiary/aromatic N) is 6. The van der Waals surface area contributed by atoms with Crippen LogP contribution in [0, 0.1) is 0 Å². The Labute approximate surface area is 154 Å². The van der Waals surface area contributed by atoms with E-state index in [2.05, 4.69) is 27.4 Å². The molecule has 0 saturated carbocycles. The van der Waals surface area contributed by atoms with Gasteiger partial charge in [0.15, 0.2) is 11.5 Å². The molecule has 8 nitrogen and oxygen atoms in total. The third kappa shape index (κ3) is 3.39. The summed E-state index contributed by atoms with van der Waals surface area (Å²) >= 11 is 1.49. The van der Waals surface area contributed by atoms with Crippen molar-refractivity contribution in [3.63, 3.8) is 0 Å². The van der Waals surface area contributed by atoms with Crippen LogP contribution in [0.2, 0.25) is 0 Å². The molecular weight excluding hydrogens is 352 g/mol. The van der Waals surface area contributed by atoms with E-state index < -0.39 is 0 Å². The smallest absolute Gasteiger partial charge is 0.280 e. The lowest BCUT2D eigenvalue weighted by Crippen LogP contribution is -2.38. The fourth-order valence-electron chi connectivity index (χ4n) is 3.13. The second-order valence-electron chi connectivity index (χ2n) is 6.35. The maximum atomic E-state index is 12.4. The van der Waals surface area contributed by atoms with Crippen LogP contribution in [0.15, 0.2) is 28.2 Å². The average Bonchev–Trinajstić information content (AvgIpc) is 3.42. The van der Waals surface area contributed by atoms with Crippen LogP contribution >= 0.6 is 11.3 Å². The van der Waals surface area contributed by atoms with Gasteiger partial charge in [-0.25, -0.2) is 4.68 Å². The predicted octanol–water partition coefficient (Wildman–Crippen LogP) is 2.82. The van der Waals surface area contributed by atoms with Crippen LogP contribution in [0.25, 0.3) is 11.6 Å². The van der Waals surface area contributed by atoms with Gasteiger partial charge in [0.05, 0.1) is 17.1 Å². The molecule has 0 unspecified atom stereocenters. The van der Waals surface area contributed by atoms with Gasteiger partial charge in [-0.15, -0.1) is 16.4 Å². The molecule has 0 radical (unpaired) electrons. The van der Waals surface area contributed by atoms with Crippen LogP contribution in [0.3, 0.4) is 0 Å². The van der Waals surface area contributed by atoms with E-state index in [1.165, 1.54) is 11.3 Å². The largest absolute Gasteiger partial charge is 0.338 e. The number of likely N-dealkylation sites (tertiary alicyclic amines) is 1. The third-order valence-corrected chi connectivity index (χ3v) is 5.39. The molecule has 0 aliphatic carbocycles. The lowest BCUT2D eigenvalue weighted by Gasteiger charge is -2.31. The molecule has 9 heteroatoms. The normalized spacial score (nSPS) is 15.5. The minimum absolute atomic E-state index is 0.118. The fraction of sp³-hybridized carbons (Fsp3) is 0.471. The molecule has 1 fully saturated rings. The van der Waals surface area contributed by atoms with E-state index >= 15 is 0 Å². The van der Waals surface area contributed by atoms with Crippen molar-refractivity contribution in [3.8, 4) is 11.6 Å². The maximum Gasteiger partial charge on any atom is 0.280 e. The van der Waals surface area contributed by atoms with Gasteiger partial charge in [-0.2, -0.15) is 4.98 Å². The molecule has 0 aromatic carbocycles. The number of aryl methyl sites for hydroxylation is 1. The van der Waals surface area contributed by atoms with E-state index in [1.807, 2.05) is 33.3 Å². The Morgan fingerprint density at radius 3 is 2.96 bits per heavy atom. The molecule has 136 valence electrons. The highest BCUT2D eigenvalue weighted by atomic mass is 32.1. The number of carbonyl (C=O) groups is 1. The lowest BCUT2D eigenvalue weighted by molar-refractivity contribution is 0.0694. The molecule has 0 bridgehead atoms. The topological polar surface area (TPSA) is 89.9 Å². The Morgan fingerprint density at radius 1 is 1.38 bits per heavy atom. The fourth-order valence-corrected chi connectivity index (χ4v) is 3.82. The number of amides is 1. The molecule has 26 heavy (non-hydrogen) atoms. The number of hydrogen-bond donors (Lipinski definition) is 0. The van der Waals surface area contributed by atoms with Crippen molar-refractivity contribution in [2.24, 2.45) is 0 Å². The van der Waals surface area contributed by atoms with E-state index in [0.717, 1.165) is 43.6 Å². The van der Waals surface area contributed by atoms with Crippen molar-refractivity contribution in [3.05, 3.63) is 34.4 Å². The van der Waals surface area contributed by atoms with Gasteiger partial charge in [0.1, 0.15) is 0 Å². The summed E-state index contributed by atoms with van der Waals surface area (Å²) in [5.41, 5.74) is 0.594. The summed E-state index contributed by atoms with van der Waals surface area (Å²) in [5.74, 6) is 1.22. The molecule has 4 heterocycles. The van der Waals surface area contributed by atoms with Crippen LogP contribution in [0.5, 0.6) is 0 Å². The van der Waals surface area contributed by atoms with E-state index in [1.54, 1.807) is 0 Å². The number of rotatable bonds is 5. The number of thiophene rings is 1. The first-order valence-corrected chi connectivity index (χ1v) is 9.70. The van der Waals surface area contributed by atoms with Crippen molar-refractivity contribution >= 4 is 17.2 Å². The first kappa shape index (κ1) is 16.9. The summed E-state index contributed by atoms with van der Waals surface area (Å²) in [4.78, 5) is 19.5. The van der Waals surface area contributed by atoms with E-state index in [9.17, 15) is 4.79 Å². The molecular formula is C17H20N6O2S. The first-order valence-electron chi connectivity index (χ1n) is 8.82. The van der Waals surface area contributed by atoms with Gasteiger partial charge in [0.2, 0.25) is 0 Å². The molecule has 1 amide bonds. The monoisotopic (exact) mass is 372 g/mol. The first-order chi connectivity index (χ1) is 12.7. The van der Waals surface area contributed by atoms with Gasteiger partial charge < -0.3 is 9.42 Å². The lowest BCUT2D eigenvalue weighted by atomic mass is 10.1. The van der Waals surface area contributed by atoms with Crippen LogP contribution in [0.4, 0.5) is 0 Å². The van der Waals surface area contributed by atoms with Crippen LogP contribution in [0.1, 0.15) is 47.7 Å². The molecule has 1 aliphatic rings. The van der Waals surface area contributed by atoms with Gasteiger partial charge in [0, 0.05) is 19.5 Å². The molecule has 3 aromatic rings. The summed E-state index contributed by atoms with van der Waals surface area (Å²) in [5, 5.41) is 14.3. The van der Waals surface area contributed by atoms with Crippen LogP contribution in [-0.2, 0) is 6.42 Å². The Bertz CT molecular complexity index is 864. The van der Waals surface area contributed by atoms with Gasteiger partial charge in [-0.05, 0) is 30.7 Å². The zero-order chi connectivity index (χ0) is 17.9. The van der Waals surface area contributed by atoms with Crippen molar-refractivity contribution in [2.45, 2.75) is 38.6 Å². The number of hydrogen-bond acceptors (Lipinski definition) is 7. The van der Waals surface area contributed by atoms with Crippen molar-refractivity contribution in [1.29, 1.82) is 0 Å². The second kappa shape index (κ2) is 7.36. The summed E-state index contributed by atoms with van der Waals surface area (Å²) < 4.78 is 7.12. The molecule has 1 aliphatic heterocycles. The number of carbonyl (C=O) groups excluding carboxylic acids is 1. The highest BCUT2D eigenvalue weighted by molar-refractivity contribution is 7.12. The molecule has 1 saturated heterocycles. The Hall–Kier alpha value is -2.55. The quantitative estimate of drug-likeness (QED) is 0.684. The van der Waals surface area contributed by atoms with Crippen LogP contribution in [-0.4, -0.2) is 49.0 Å². The van der Waals surface area contributed by atoms with Gasteiger partial charge in [0.25, 0.3) is 11.8 Å². The van der Waals surface area contributed by atoms with Gasteiger partial charge >= 0.3 is 0 Å². The number of aromatic nitrogens is 5. The zero-order valence-electron chi connectivity index (χ0n) is 14.5. The Morgan fingerprint density at radius 2 is 2.23 bits per heavy atom. The van der Waals surface area contributed by atoms with Crippen molar-refractivity contribution < 1.29 is 9.32 Å². The molecule has 0 atom stereocenters. The van der Waals surface area contributed by atoms with E-state index in [-0.39, 0.29) is 11.9 Å². The van der Waals surface area contributed by atoms with E-state index in [4.69, 9.17) is 4.52 Å². The van der Waals surface area contributed by atoms with E-state index in [0.29, 0.717) is 17.4 Å².